The van der Waals surface area contributed by atoms with Crippen LogP contribution < -0.4 is 0 Å². The maximum absolute atomic E-state index is 5.14. The normalized spacial score (nSPS) is 11.5. The number of fused-ring (bicyclic) bond motifs is 5. The van der Waals surface area contributed by atoms with Crippen LogP contribution >= 0.6 is 0 Å². The number of aromatic nitrogens is 3. The van der Waals surface area contributed by atoms with Crippen molar-refractivity contribution >= 4 is 32.8 Å². The summed E-state index contributed by atoms with van der Waals surface area (Å²) in [4.78, 5) is 5.14. The third kappa shape index (κ3) is 3.49. The lowest BCUT2D eigenvalue weighted by atomic mass is 10.1. The molecule has 40 heavy (non-hydrogen) atoms. The van der Waals surface area contributed by atoms with Gasteiger partial charge in [0.2, 0.25) is 0 Å². The van der Waals surface area contributed by atoms with Gasteiger partial charge in [-0.3, -0.25) is 0 Å². The third-order valence-electron chi connectivity index (χ3n) is 7.69. The van der Waals surface area contributed by atoms with Gasteiger partial charge >= 0.3 is 0 Å². The number of nitrogens with zero attached hydrogens (tertiary/aromatic N) is 3. The molecular weight excluding hydrogens is 486 g/mol. The molecular formula is C37H25N3. The lowest BCUT2D eigenvalue weighted by Crippen LogP contribution is -1.98. The fourth-order valence-electron chi connectivity index (χ4n) is 5.96. The van der Waals surface area contributed by atoms with Crippen LogP contribution in [-0.4, -0.2) is 14.1 Å². The van der Waals surface area contributed by atoms with Crippen LogP contribution in [0.4, 0.5) is 0 Å². The summed E-state index contributed by atoms with van der Waals surface area (Å²) in [5, 5.41) is 2.44. The molecule has 3 heterocycles. The third-order valence-corrected chi connectivity index (χ3v) is 7.69. The fourth-order valence-corrected chi connectivity index (χ4v) is 5.96. The maximum Gasteiger partial charge on any atom is 0.0803 e. The van der Waals surface area contributed by atoms with Crippen LogP contribution in [0.25, 0.3) is 66.7 Å². The lowest BCUT2D eigenvalue weighted by Gasteiger charge is -2.13. The molecule has 3 heteroatoms. The second-order valence-corrected chi connectivity index (χ2v) is 10.1. The molecule has 0 aliphatic rings. The number of hydrogen-bond acceptors (Lipinski definition) is 1. The van der Waals surface area contributed by atoms with Crippen molar-refractivity contribution in [1.29, 1.82) is 0 Å². The van der Waals surface area contributed by atoms with Crippen molar-refractivity contribution in [2.45, 2.75) is 0 Å². The zero-order chi connectivity index (χ0) is 26.5. The molecule has 0 spiro atoms. The molecule has 8 rings (SSSR count). The smallest absolute Gasteiger partial charge is 0.0803 e. The molecule has 0 saturated carbocycles. The molecule has 8 aromatic rings. The van der Waals surface area contributed by atoms with Gasteiger partial charge in [0.25, 0.3) is 0 Å². The predicted octanol–water partition coefficient (Wildman–Crippen LogP) is 9.46. The van der Waals surface area contributed by atoms with Crippen molar-refractivity contribution in [2.75, 3.05) is 0 Å². The molecule has 0 atom stereocenters. The Hall–Kier alpha value is -5.41. The van der Waals surface area contributed by atoms with Crippen molar-refractivity contribution in [2.24, 2.45) is 0 Å². The summed E-state index contributed by atoms with van der Waals surface area (Å²) in [6.07, 6.45) is 0. The zero-order valence-corrected chi connectivity index (χ0v) is 21.8. The highest BCUT2D eigenvalue weighted by Crippen LogP contribution is 2.41. The molecule has 0 saturated heterocycles. The Morgan fingerprint density at radius 3 is 1.27 bits per heavy atom. The van der Waals surface area contributed by atoms with Crippen LogP contribution in [0.3, 0.4) is 0 Å². The van der Waals surface area contributed by atoms with Crippen LogP contribution in [0.5, 0.6) is 0 Å². The highest BCUT2D eigenvalue weighted by atomic mass is 15.1. The van der Waals surface area contributed by atoms with Gasteiger partial charge in [-0.1, -0.05) is 115 Å². The summed E-state index contributed by atoms with van der Waals surface area (Å²) in [6.45, 7) is 0. The van der Waals surface area contributed by atoms with E-state index in [0.717, 1.165) is 33.9 Å². The van der Waals surface area contributed by atoms with E-state index >= 15 is 0 Å². The predicted molar refractivity (Wildman–Crippen MR) is 166 cm³/mol. The van der Waals surface area contributed by atoms with Gasteiger partial charge < -0.3 is 9.13 Å². The highest BCUT2D eigenvalue weighted by Gasteiger charge is 2.22. The van der Waals surface area contributed by atoms with Gasteiger partial charge in [-0.2, -0.15) is 0 Å². The van der Waals surface area contributed by atoms with Crippen molar-refractivity contribution in [1.82, 2.24) is 14.1 Å². The molecule has 0 aliphatic carbocycles. The first-order chi connectivity index (χ1) is 19.9. The molecule has 0 aliphatic heterocycles. The van der Waals surface area contributed by atoms with Gasteiger partial charge in [0.1, 0.15) is 0 Å². The molecule has 0 unspecified atom stereocenters. The van der Waals surface area contributed by atoms with E-state index in [-0.39, 0.29) is 0 Å². The Balaban J connectivity index is 1.53. The van der Waals surface area contributed by atoms with Crippen LogP contribution in [0.15, 0.2) is 152 Å². The second-order valence-electron chi connectivity index (χ2n) is 10.1. The van der Waals surface area contributed by atoms with E-state index in [9.17, 15) is 0 Å². The van der Waals surface area contributed by atoms with E-state index < -0.39 is 0 Å². The van der Waals surface area contributed by atoms with Crippen molar-refractivity contribution < 1.29 is 0 Å². The van der Waals surface area contributed by atoms with E-state index in [1.54, 1.807) is 0 Å². The fraction of sp³-hybridized carbons (Fsp3) is 0. The summed E-state index contributed by atoms with van der Waals surface area (Å²) in [7, 11) is 0. The molecule has 3 nitrogen and oxygen atoms in total. The second kappa shape index (κ2) is 9.11. The van der Waals surface area contributed by atoms with Crippen molar-refractivity contribution in [3.05, 3.63) is 152 Å². The number of rotatable bonds is 4. The molecule has 0 fully saturated rings. The van der Waals surface area contributed by atoms with Crippen molar-refractivity contribution in [3.63, 3.8) is 0 Å². The van der Waals surface area contributed by atoms with Gasteiger partial charge in [-0.05, 0) is 36.4 Å². The minimum absolute atomic E-state index is 0.953. The van der Waals surface area contributed by atoms with Crippen LogP contribution in [0, 0.1) is 0 Å². The van der Waals surface area contributed by atoms with Gasteiger partial charge in [-0.25, -0.2) is 4.98 Å². The standard InChI is InChI=1S/C37H25N3/c1-4-14-26(15-5-1)32-24-29(25-33(38-32)27-16-6-2-7-17-27)40-35-23-13-11-21-31(35)36-37(40)30-20-10-12-22-34(30)39(36)28-18-8-3-9-19-28/h1-25H. The highest BCUT2D eigenvalue weighted by molar-refractivity contribution is 6.20. The summed E-state index contributed by atoms with van der Waals surface area (Å²) in [5.74, 6) is 0. The van der Waals surface area contributed by atoms with Gasteiger partial charge in [0.05, 0.1) is 39.1 Å². The van der Waals surface area contributed by atoms with Gasteiger partial charge in [0.15, 0.2) is 0 Å². The number of pyridine rings is 1. The van der Waals surface area contributed by atoms with Crippen LogP contribution in [0.2, 0.25) is 0 Å². The lowest BCUT2D eigenvalue weighted by molar-refractivity contribution is 1.16. The van der Waals surface area contributed by atoms with E-state index in [1.807, 2.05) is 12.1 Å². The van der Waals surface area contributed by atoms with E-state index in [4.69, 9.17) is 4.98 Å². The quantitative estimate of drug-likeness (QED) is 0.231. The maximum atomic E-state index is 5.14. The summed E-state index contributed by atoms with van der Waals surface area (Å²) >= 11 is 0. The molecule has 5 aromatic carbocycles. The van der Waals surface area contributed by atoms with Crippen molar-refractivity contribution in [3.8, 4) is 33.9 Å². The summed E-state index contributed by atoms with van der Waals surface area (Å²) < 4.78 is 4.83. The van der Waals surface area contributed by atoms with Crippen LogP contribution in [0.1, 0.15) is 0 Å². The monoisotopic (exact) mass is 511 g/mol. The van der Waals surface area contributed by atoms with E-state index in [0.29, 0.717) is 0 Å². The average molecular weight is 512 g/mol. The molecule has 0 amide bonds. The molecule has 0 bridgehead atoms. The van der Waals surface area contributed by atoms with Gasteiger partial charge in [0, 0.05) is 27.6 Å². The first kappa shape index (κ1) is 22.6. The van der Waals surface area contributed by atoms with E-state index in [1.165, 1.54) is 32.8 Å². The Bertz CT molecular complexity index is 2070. The number of hydrogen-bond donors (Lipinski definition) is 0. The number of para-hydroxylation sites is 3. The molecule has 3 aromatic heterocycles. The number of benzene rings is 5. The summed E-state index contributed by atoms with van der Waals surface area (Å²) in [5.41, 5.74) is 11.1. The Morgan fingerprint density at radius 1 is 0.375 bits per heavy atom. The van der Waals surface area contributed by atoms with E-state index in [2.05, 4.69) is 149 Å². The average Bonchev–Trinajstić information content (AvgIpc) is 3.55. The molecule has 188 valence electrons. The Morgan fingerprint density at radius 2 is 0.775 bits per heavy atom. The minimum atomic E-state index is 0.953. The summed E-state index contributed by atoms with van der Waals surface area (Å²) in [6, 6.07) is 53.5. The first-order valence-corrected chi connectivity index (χ1v) is 13.6. The Kier molecular flexibility index (Phi) is 5.14. The molecule has 0 N–H and O–H groups in total. The largest absolute Gasteiger partial charge is 0.307 e. The zero-order valence-electron chi connectivity index (χ0n) is 21.8. The molecule has 0 radical (unpaired) electrons. The first-order valence-electron chi connectivity index (χ1n) is 13.6. The Labute approximate surface area is 232 Å². The van der Waals surface area contributed by atoms with Gasteiger partial charge in [-0.15, -0.1) is 0 Å². The van der Waals surface area contributed by atoms with Crippen LogP contribution in [-0.2, 0) is 0 Å². The topological polar surface area (TPSA) is 22.8 Å². The minimum Gasteiger partial charge on any atom is -0.307 e. The SMILES string of the molecule is c1ccc(-c2cc(-n3c4ccccc4c4c3c3ccccc3n4-c3ccccc3)cc(-c3ccccc3)n2)cc1.